The fourth-order valence-electron chi connectivity index (χ4n) is 6.22. The molecular weight excluding hydrogens is 556 g/mol. The van der Waals surface area contributed by atoms with Crippen molar-refractivity contribution in [1.82, 2.24) is 5.32 Å². The standard InChI is InChI=1S/C36H38N2O6/c1-36(2)32(41)28-17-16-27(21-30(28)33(36)42)38-35(44)29(25-14-12-24(13-15-25)23-6-4-3-5-7-23)20-22-8-10-26(11-9-22)34(43)37-19-18-31(39)40/h8-17,21,23,29H,3-7,18-20H2,1-2H3,(H,37,43)(H,38,44)(H,39,40). The van der Waals surface area contributed by atoms with Gasteiger partial charge in [-0.3, -0.25) is 24.0 Å². The number of anilines is 1. The largest absolute Gasteiger partial charge is 0.481 e. The molecular formula is C36H38N2O6. The van der Waals surface area contributed by atoms with Gasteiger partial charge < -0.3 is 15.7 Å². The normalized spacial score (nSPS) is 16.7. The molecule has 8 heteroatoms. The van der Waals surface area contributed by atoms with E-state index in [-0.39, 0.29) is 36.3 Å². The number of rotatable bonds is 10. The molecule has 44 heavy (non-hydrogen) atoms. The van der Waals surface area contributed by atoms with Gasteiger partial charge in [0.1, 0.15) is 0 Å². The number of fused-ring (bicyclic) bond motifs is 1. The fourth-order valence-corrected chi connectivity index (χ4v) is 6.22. The molecule has 1 saturated carbocycles. The van der Waals surface area contributed by atoms with Crippen LogP contribution in [0.4, 0.5) is 5.69 Å². The monoisotopic (exact) mass is 594 g/mol. The van der Waals surface area contributed by atoms with Crippen LogP contribution in [0.1, 0.15) is 112 Å². The minimum absolute atomic E-state index is 0.0367. The first-order chi connectivity index (χ1) is 21.0. The van der Waals surface area contributed by atoms with E-state index in [1.807, 2.05) is 12.1 Å². The Morgan fingerprint density at radius 3 is 2.18 bits per heavy atom. The molecule has 0 bridgehead atoms. The summed E-state index contributed by atoms with van der Waals surface area (Å²) >= 11 is 0. The zero-order valence-electron chi connectivity index (χ0n) is 25.2. The molecule has 1 unspecified atom stereocenters. The number of Topliss-reactive ketones (excluding diaryl/α,β-unsaturated/α-hetero) is 2. The molecule has 8 nitrogen and oxygen atoms in total. The number of benzene rings is 3. The van der Waals surface area contributed by atoms with Gasteiger partial charge in [-0.05, 0) is 86.1 Å². The Kier molecular flexibility index (Phi) is 9.09. The van der Waals surface area contributed by atoms with Gasteiger partial charge in [0.2, 0.25) is 5.91 Å². The van der Waals surface area contributed by atoms with Gasteiger partial charge in [0, 0.05) is 28.9 Å². The van der Waals surface area contributed by atoms with Crippen LogP contribution in [-0.4, -0.2) is 41.0 Å². The Morgan fingerprint density at radius 1 is 0.864 bits per heavy atom. The van der Waals surface area contributed by atoms with E-state index in [9.17, 15) is 24.0 Å². The van der Waals surface area contributed by atoms with Crippen molar-refractivity contribution < 1.29 is 29.1 Å². The Hall–Kier alpha value is -4.59. The lowest BCUT2D eigenvalue weighted by molar-refractivity contribution is -0.136. The highest BCUT2D eigenvalue weighted by molar-refractivity contribution is 6.29. The lowest BCUT2D eigenvalue weighted by Gasteiger charge is -2.23. The van der Waals surface area contributed by atoms with Gasteiger partial charge >= 0.3 is 5.97 Å². The van der Waals surface area contributed by atoms with Crippen LogP contribution < -0.4 is 10.6 Å². The summed E-state index contributed by atoms with van der Waals surface area (Å²) in [5.41, 5.74) is 3.42. The number of carbonyl (C=O) groups excluding carboxylic acids is 4. The zero-order valence-corrected chi connectivity index (χ0v) is 25.2. The van der Waals surface area contributed by atoms with Crippen molar-refractivity contribution in [2.24, 2.45) is 5.41 Å². The van der Waals surface area contributed by atoms with E-state index in [1.165, 1.54) is 37.7 Å². The highest BCUT2D eigenvalue weighted by Crippen LogP contribution is 2.38. The molecule has 0 aromatic heterocycles. The molecule has 0 heterocycles. The number of hydrogen-bond acceptors (Lipinski definition) is 5. The Bertz CT molecular complexity index is 1580. The van der Waals surface area contributed by atoms with E-state index >= 15 is 0 Å². The first-order valence-corrected chi connectivity index (χ1v) is 15.3. The molecule has 0 radical (unpaired) electrons. The summed E-state index contributed by atoms with van der Waals surface area (Å²) in [6, 6.07) is 20.1. The summed E-state index contributed by atoms with van der Waals surface area (Å²) in [6.07, 6.45) is 6.30. The van der Waals surface area contributed by atoms with Crippen LogP contribution >= 0.6 is 0 Å². The molecule has 0 aliphatic heterocycles. The molecule has 5 rings (SSSR count). The maximum absolute atomic E-state index is 13.9. The minimum atomic E-state index is -1.12. The number of amides is 2. The molecule has 228 valence electrons. The van der Waals surface area contributed by atoms with E-state index in [0.29, 0.717) is 34.7 Å². The van der Waals surface area contributed by atoms with Crippen molar-refractivity contribution in [2.45, 2.75) is 70.6 Å². The van der Waals surface area contributed by atoms with Crippen molar-refractivity contribution in [1.29, 1.82) is 0 Å². The van der Waals surface area contributed by atoms with Crippen LogP contribution in [0.5, 0.6) is 0 Å². The predicted molar refractivity (Wildman–Crippen MR) is 167 cm³/mol. The van der Waals surface area contributed by atoms with Crippen molar-refractivity contribution >= 4 is 35.0 Å². The summed E-state index contributed by atoms with van der Waals surface area (Å²) in [5.74, 6) is -2.09. The van der Waals surface area contributed by atoms with Crippen molar-refractivity contribution in [3.63, 3.8) is 0 Å². The van der Waals surface area contributed by atoms with Crippen LogP contribution in [0.2, 0.25) is 0 Å². The van der Waals surface area contributed by atoms with Gasteiger partial charge in [-0.2, -0.15) is 0 Å². The molecule has 1 fully saturated rings. The lowest BCUT2D eigenvalue weighted by atomic mass is 9.83. The van der Waals surface area contributed by atoms with Crippen LogP contribution in [0.25, 0.3) is 0 Å². The first kappa shape index (κ1) is 30.9. The Morgan fingerprint density at radius 2 is 1.52 bits per heavy atom. The highest BCUT2D eigenvalue weighted by atomic mass is 16.4. The average molecular weight is 595 g/mol. The van der Waals surface area contributed by atoms with Crippen LogP contribution in [0, 0.1) is 5.41 Å². The highest BCUT2D eigenvalue weighted by Gasteiger charge is 2.45. The molecule has 0 saturated heterocycles. The third-order valence-electron chi connectivity index (χ3n) is 8.92. The fraction of sp³-hybridized carbons (Fsp3) is 0.361. The number of carbonyl (C=O) groups is 5. The number of hydrogen-bond donors (Lipinski definition) is 3. The number of ketones is 2. The molecule has 3 aromatic carbocycles. The second kappa shape index (κ2) is 13.0. The summed E-state index contributed by atoms with van der Waals surface area (Å²) in [4.78, 5) is 62.6. The van der Waals surface area contributed by atoms with Gasteiger partial charge in [-0.1, -0.05) is 55.7 Å². The summed E-state index contributed by atoms with van der Waals surface area (Å²) in [5, 5.41) is 14.4. The summed E-state index contributed by atoms with van der Waals surface area (Å²) in [6.45, 7) is 3.27. The maximum atomic E-state index is 13.9. The maximum Gasteiger partial charge on any atom is 0.305 e. The third-order valence-corrected chi connectivity index (χ3v) is 8.92. The number of nitrogens with one attached hydrogen (secondary N) is 2. The van der Waals surface area contributed by atoms with E-state index < -0.39 is 17.3 Å². The molecule has 0 spiro atoms. The molecule has 2 aliphatic rings. The second-order valence-corrected chi connectivity index (χ2v) is 12.4. The predicted octanol–water partition coefficient (Wildman–Crippen LogP) is 6.31. The van der Waals surface area contributed by atoms with Gasteiger partial charge in [-0.25, -0.2) is 0 Å². The SMILES string of the molecule is CC1(C)C(=O)c2ccc(NC(=O)C(Cc3ccc(C(=O)NCCC(=O)O)cc3)c3ccc(C4CCCCC4)cc3)cc2C1=O. The second-order valence-electron chi connectivity index (χ2n) is 12.4. The van der Waals surface area contributed by atoms with Gasteiger partial charge in [0.25, 0.3) is 5.91 Å². The van der Waals surface area contributed by atoms with Gasteiger partial charge in [-0.15, -0.1) is 0 Å². The Labute approximate surface area is 257 Å². The summed E-state index contributed by atoms with van der Waals surface area (Å²) < 4.78 is 0. The number of carboxylic acid groups (broad SMARTS) is 1. The van der Waals surface area contributed by atoms with E-state index in [4.69, 9.17) is 5.11 Å². The topological polar surface area (TPSA) is 130 Å². The smallest absolute Gasteiger partial charge is 0.305 e. The quantitative estimate of drug-likeness (QED) is 0.236. The van der Waals surface area contributed by atoms with E-state index in [1.54, 1.807) is 56.3 Å². The zero-order chi connectivity index (χ0) is 31.4. The number of carboxylic acids is 1. The molecule has 3 aromatic rings. The van der Waals surface area contributed by atoms with Crippen molar-refractivity contribution in [3.05, 3.63) is 100 Å². The minimum Gasteiger partial charge on any atom is -0.481 e. The van der Waals surface area contributed by atoms with Crippen molar-refractivity contribution in [2.75, 3.05) is 11.9 Å². The van der Waals surface area contributed by atoms with Crippen molar-refractivity contribution in [3.8, 4) is 0 Å². The van der Waals surface area contributed by atoms with E-state index in [0.717, 1.165) is 11.1 Å². The van der Waals surface area contributed by atoms with Crippen LogP contribution in [0.15, 0.2) is 66.7 Å². The Balaban J connectivity index is 1.37. The lowest BCUT2D eigenvalue weighted by Crippen LogP contribution is -2.26. The summed E-state index contributed by atoms with van der Waals surface area (Å²) in [7, 11) is 0. The molecule has 2 amide bonds. The molecule has 3 N–H and O–H groups in total. The molecule has 1 atom stereocenters. The van der Waals surface area contributed by atoms with Gasteiger partial charge in [0.15, 0.2) is 11.6 Å². The van der Waals surface area contributed by atoms with E-state index in [2.05, 4.69) is 22.8 Å². The molecule has 2 aliphatic carbocycles. The third kappa shape index (κ3) is 6.64. The van der Waals surface area contributed by atoms with Crippen LogP contribution in [0.3, 0.4) is 0 Å². The first-order valence-electron chi connectivity index (χ1n) is 15.3. The van der Waals surface area contributed by atoms with Crippen LogP contribution in [-0.2, 0) is 16.0 Å². The number of aliphatic carboxylic acids is 1. The average Bonchev–Trinajstić information content (AvgIpc) is 3.19. The van der Waals surface area contributed by atoms with Gasteiger partial charge in [0.05, 0.1) is 17.8 Å².